The van der Waals surface area contributed by atoms with Crippen molar-refractivity contribution in [2.75, 3.05) is 11.1 Å². The van der Waals surface area contributed by atoms with Crippen LogP contribution < -0.4 is 16.4 Å². The number of nitrogens with zero attached hydrogens (tertiary/aromatic N) is 1. The quantitative estimate of drug-likeness (QED) is 0.771. The van der Waals surface area contributed by atoms with E-state index in [4.69, 9.17) is 5.73 Å². The van der Waals surface area contributed by atoms with Crippen LogP contribution in [0.1, 0.15) is 51.2 Å². The fraction of sp³-hybridized carbons (Fsp3) is 0.667. The van der Waals surface area contributed by atoms with Gasteiger partial charge in [-0.15, -0.1) is 0 Å². The van der Waals surface area contributed by atoms with Crippen LogP contribution >= 0.6 is 11.3 Å². The van der Waals surface area contributed by atoms with E-state index in [0.717, 1.165) is 0 Å². The van der Waals surface area contributed by atoms with Crippen molar-refractivity contribution in [2.45, 2.75) is 52.6 Å². The third-order valence-electron chi connectivity index (χ3n) is 1.83. The molecule has 5 nitrogen and oxygen atoms in total. The van der Waals surface area contributed by atoms with Crippen LogP contribution in [0, 0.1) is 0 Å². The summed E-state index contributed by atoms with van der Waals surface area (Å²) in [6.07, 6.45) is 0. The number of anilines is 2. The fourth-order valence-electron chi connectivity index (χ4n) is 1.27. The van der Waals surface area contributed by atoms with Crippen LogP contribution in [0.5, 0.6) is 0 Å². The number of hydrogen-bond donors (Lipinski definition) is 3. The van der Waals surface area contributed by atoms with E-state index in [2.05, 4.69) is 15.6 Å². The molecule has 6 heteroatoms. The van der Waals surface area contributed by atoms with Gasteiger partial charge in [-0.1, -0.05) is 11.3 Å². The van der Waals surface area contributed by atoms with Gasteiger partial charge in [0.25, 0.3) is 5.91 Å². The van der Waals surface area contributed by atoms with Gasteiger partial charge < -0.3 is 16.4 Å². The summed E-state index contributed by atoms with van der Waals surface area (Å²) >= 11 is 1.28. The fourth-order valence-corrected chi connectivity index (χ4v) is 2.25. The van der Waals surface area contributed by atoms with Crippen molar-refractivity contribution in [3.8, 4) is 0 Å². The third kappa shape index (κ3) is 4.52. The molecule has 1 aromatic heterocycles. The first kappa shape index (κ1) is 14.8. The van der Waals surface area contributed by atoms with Gasteiger partial charge in [0.1, 0.15) is 10.7 Å². The summed E-state index contributed by atoms with van der Waals surface area (Å²) in [7, 11) is 0. The van der Waals surface area contributed by atoms with Gasteiger partial charge in [-0.05, 0) is 41.5 Å². The second-order valence-electron chi connectivity index (χ2n) is 6.31. The Morgan fingerprint density at radius 2 is 1.72 bits per heavy atom. The maximum absolute atomic E-state index is 12.0. The highest BCUT2D eigenvalue weighted by Crippen LogP contribution is 2.27. The van der Waals surface area contributed by atoms with Gasteiger partial charge in [0, 0.05) is 11.1 Å². The first-order chi connectivity index (χ1) is 7.98. The minimum atomic E-state index is -0.287. The van der Waals surface area contributed by atoms with E-state index in [1.807, 2.05) is 41.5 Å². The lowest BCUT2D eigenvalue weighted by Crippen LogP contribution is -2.40. The Kier molecular flexibility index (Phi) is 3.90. The van der Waals surface area contributed by atoms with E-state index in [1.165, 1.54) is 11.3 Å². The number of nitrogens with two attached hydrogens (primary N) is 1. The summed E-state index contributed by atoms with van der Waals surface area (Å²) in [6, 6.07) is 0. The third-order valence-corrected chi connectivity index (χ3v) is 2.82. The zero-order chi connectivity index (χ0) is 14.1. The van der Waals surface area contributed by atoms with E-state index in [1.54, 1.807) is 0 Å². The van der Waals surface area contributed by atoms with Gasteiger partial charge in [-0.25, -0.2) is 4.98 Å². The first-order valence-electron chi connectivity index (χ1n) is 5.85. The predicted molar refractivity (Wildman–Crippen MR) is 77.1 cm³/mol. The number of aromatic nitrogens is 1. The molecule has 4 N–H and O–H groups in total. The highest BCUT2D eigenvalue weighted by Gasteiger charge is 2.22. The van der Waals surface area contributed by atoms with Crippen LogP contribution in [0.15, 0.2) is 0 Å². The zero-order valence-electron chi connectivity index (χ0n) is 11.8. The topological polar surface area (TPSA) is 80.0 Å². The van der Waals surface area contributed by atoms with E-state index in [9.17, 15) is 4.79 Å². The van der Waals surface area contributed by atoms with Gasteiger partial charge >= 0.3 is 0 Å². The molecule has 0 aliphatic heterocycles. The lowest BCUT2D eigenvalue weighted by atomic mass is 10.1. The largest absolute Gasteiger partial charge is 0.382 e. The molecule has 0 spiro atoms. The Morgan fingerprint density at radius 1 is 1.17 bits per heavy atom. The van der Waals surface area contributed by atoms with Crippen LogP contribution in [0.4, 0.5) is 10.9 Å². The maximum atomic E-state index is 12.0. The van der Waals surface area contributed by atoms with Gasteiger partial charge in [0.2, 0.25) is 0 Å². The molecule has 0 aromatic carbocycles. The number of thiazole rings is 1. The van der Waals surface area contributed by atoms with Gasteiger partial charge in [-0.3, -0.25) is 4.79 Å². The normalized spacial score (nSPS) is 12.3. The number of carbonyl (C=O) groups is 1. The molecule has 0 radical (unpaired) electrons. The van der Waals surface area contributed by atoms with E-state index >= 15 is 0 Å². The Bertz CT molecular complexity index is 440. The Balaban J connectivity index is 2.88. The smallest absolute Gasteiger partial charge is 0.265 e. The number of rotatable bonds is 2. The minimum absolute atomic E-state index is 0.109. The second kappa shape index (κ2) is 4.76. The summed E-state index contributed by atoms with van der Waals surface area (Å²) < 4.78 is 0. The molecular formula is C12H22N4OS. The molecule has 1 heterocycles. The zero-order valence-corrected chi connectivity index (χ0v) is 12.7. The average molecular weight is 270 g/mol. The molecule has 18 heavy (non-hydrogen) atoms. The molecule has 0 unspecified atom stereocenters. The van der Waals surface area contributed by atoms with Crippen LogP contribution in [0.2, 0.25) is 0 Å². The molecule has 1 amide bonds. The van der Waals surface area contributed by atoms with Crippen LogP contribution in [-0.2, 0) is 0 Å². The number of nitrogens with one attached hydrogen (secondary N) is 2. The highest BCUT2D eigenvalue weighted by molar-refractivity contribution is 7.18. The SMILES string of the molecule is CC(C)(C)NC(=O)c1sc(NC(C)(C)C)nc1N. The van der Waals surface area contributed by atoms with Crippen molar-refractivity contribution in [1.29, 1.82) is 0 Å². The van der Waals surface area contributed by atoms with Crippen molar-refractivity contribution >= 4 is 28.2 Å². The van der Waals surface area contributed by atoms with Crippen molar-refractivity contribution < 1.29 is 4.79 Å². The van der Waals surface area contributed by atoms with Crippen molar-refractivity contribution in [3.05, 3.63) is 4.88 Å². The highest BCUT2D eigenvalue weighted by atomic mass is 32.1. The molecule has 0 bridgehead atoms. The summed E-state index contributed by atoms with van der Waals surface area (Å²) in [5.41, 5.74) is 5.38. The molecule has 0 aliphatic rings. The molecular weight excluding hydrogens is 248 g/mol. The Morgan fingerprint density at radius 3 is 2.17 bits per heavy atom. The monoisotopic (exact) mass is 270 g/mol. The van der Waals surface area contributed by atoms with Gasteiger partial charge in [0.05, 0.1) is 0 Å². The average Bonchev–Trinajstić information content (AvgIpc) is 2.39. The molecule has 0 aliphatic carbocycles. The lowest BCUT2D eigenvalue weighted by Gasteiger charge is -2.20. The number of hydrogen-bond acceptors (Lipinski definition) is 5. The summed E-state index contributed by atoms with van der Waals surface area (Å²) in [4.78, 5) is 16.6. The lowest BCUT2D eigenvalue weighted by molar-refractivity contribution is 0.0924. The number of carbonyl (C=O) groups excluding carboxylic acids is 1. The van der Waals surface area contributed by atoms with E-state index in [0.29, 0.717) is 10.0 Å². The molecule has 102 valence electrons. The van der Waals surface area contributed by atoms with E-state index < -0.39 is 0 Å². The number of amides is 1. The molecule has 0 fully saturated rings. The van der Waals surface area contributed by atoms with Crippen molar-refractivity contribution in [3.63, 3.8) is 0 Å². The minimum Gasteiger partial charge on any atom is -0.382 e. The first-order valence-corrected chi connectivity index (χ1v) is 6.66. The van der Waals surface area contributed by atoms with E-state index in [-0.39, 0.29) is 22.8 Å². The van der Waals surface area contributed by atoms with Crippen LogP contribution in [-0.4, -0.2) is 22.0 Å². The summed E-state index contributed by atoms with van der Waals surface area (Å²) in [5.74, 6) is 0.0907. The number of nitrogen functional groups attached to an aromatic ring is 1. The summed E-state index contributed by atoms with van der Waals surface area (Å²) in [5, 5.41) is 6.75. The second-order valence-corrected chi connectivity index (χ2v) is 7.31. The molecule has 1 rings (SSSR count). The maximum Gasteiger partial charge on any atom is 0.265 e. The molecule has 1 aromatic rings. The van der Waals surface area contributed by atoms with Gasteiger partial charge in [-0.2, -0.15) is 0 Å². The standard InChI is InChI=1S/C12H22N4OS/c1-11(2,3)15-9(17)7-8(13)14-10(18-7)16-12(4,5)6/h13H2,1-6H3,(H,14,16)(H,15,17). The summed E-state index contributed by atoms with van der Waals surface area (Å²) in [6.45, 7) is 11.9. The predicted octanol–water partition coefficient (Wildman–Crippen LogP) is 2.46. The van der Waals surface area contributed by atoms with Crippen LogP contribution in [0.3, 0.4) is 0 Å². The van der Waals surface area contributed by atoms with Crippen LogP contribution in [0.25, 0.3) is 0 Å². The Labute approximate surface area is 112 Å². The van der Waals surface area contributed by atoms with Gasteiger partial charge in [0.15, 0.2) is 5.13 Å². The van der Waals surface area contributed by atoms with Crippen molar-refractivity contribution in [1.82, 2.24) is 10.3 Å². The molecule has 0 saturated carbocycles. The molecule has 0 atom stereocenters. The Hall–Kier alpha value is -1.30. The molecule has 0 saturated heterocycles. The van der Waals surface area contributed by atoms with Crippen molar-refractivity contribution in [2.24, 2.45) is 0 Å².